The predicted octanol–water partition coefficient (Wildman–Crippen LogP) is 2.49. The van der Waals surface area contributed by atoms with E-state index in [1.165, 1.54) is 0 Å². The number of carbonyl (C=O) groups excluding carboxylic acids is 2. The van der Waals surface area contributed by atoms with E-state index in [1.807, 2.05) is 18.2 Å². The van der Waals surface area contributed by atoms with E-state index in [4.69, 9.17) is 4.74 Å². The molecule has 0 radical (unpaired) electrons. The monoisotopic (exact) mass is 275 g/mol. The van der Waals surface area contributed by atoms with E-state index in [0.717, 1.165) is 12.8 Å². The Morgan fingerprint density at radius 1 is 1.30 bits per heavy atom. The molecule has 1 amide bonds. The van der Waals surface area contributed by atoms with Crippen LogP contribution in [0.3, 0.4) is 0 Å². The zero-order valence-electron chi connectivity index (χ0n) is 11.9. The molecule has 0 N–H and O–H groups in total. The van der Waals surface area contributed by atoms with E-state index in [9.17, 15) is 9.59 Å². The highest BCUT2D eigenvalue weighted by Gasteiger charge is 2.32. The molecule has 1 aliphatic rings. The zero-order valence-corrected chi connectivity index (χ0v) is 11.9. The zero-order chi connectivity index (χ0) is 14.4. The lowest BCUT2D eigenvalue weighted by Crippen LogP contribution is -2.30. The van der Waals surface area contributed by atoms with Gasteiger partial charge in [0, 0.05) is 18.7 Å². The third-order valence-electron chi connectivity index (χ3n) is 3.57. The highest BCUT2D eigenvalue weighted by molar-refractivity contribution is 5.94. The molecule has 1 aliphatic heterocycles. The lowest BCUT2D eigenvalue weighted by molar-refractivity contribution is -0.148. The fourth-order valence-electron chi connectivity index (χ4n) is 2.34. The van der Waals surface area contributed by atoms with Gasteiger partial charge in [-0.15, -0.1) is 0 Å². The van der Waals surface area contributed by atoms with Crippen molar-refractivity contribution in [2.75, 3.05) is 19.7 Å². The molecule has 108 valence electrons. The van der Waals surface area contributed by atoms with Crippen LogP contribution in [0.5, 0.6) is 0 Å². The third-order valence-corrected chi connectivity index (χ3v) is 3.57. The normalized spacial score (nSPS) is 18.1. The minimum atomic E-state index is -0.167. The molecule has 0 aromatic heterocycles. The second kappa shape index (κ2) is 7.08. The molecule has 4 nitrogen and oxygen atoms in total. The van der Waals surface area contributed by atoms with Gasteiger partial charge in [0.2, 0.25) is 0 Å². The number of rotatable bonds is 5. The Labute approximate surface area is 119 Å². The lowest BCUT2D eigenvalue weighted by Gasteiger charge is -2.16. The Morgan fingerprint density at radius 2 is 2.05 bits per heavy atom. The van der Waals surface area contributed by atoms with E-state index in [2.05, 4.69) is 6.92 Å². The molecule has 1 heterocycles. The first-order chi connectivity index (χ1) is 9.72. The van der Waals surface area contributed by atoms with Crippen LogP contribution in [0.2, 0.25) is 0 Å². The molecule has 1 atom stereocenters. The molecule has 0 saturated carbocycles. The van der Waals surface area contributed by atoms with Crippen LogP contribution < -0.4 is 0 Å². The topological polar surface area (TPSA) is 46.6 Å². The largest absolute Gasteiger partial charge is 0.465 e. The lowest BCUT2D eigenvalue weighted by atomic mass is 10.1. The highest BCUT2D eigenvalue weighted by atomic mass is 16.5. The van der Waals surface area contributed by atoms with Gasteiger partial charge >= 0.3 is 5.97 Å². The molecule has 1 aromatic rings. The maximum absolute atomic E-state index is 12.2. The van der Waals surface area contributed by atoms with Gasteiger partial charge in [0.25, 0.3) is 5.91 Å². The van der Waals surface area contributed by atoms with Crippen LogP contribution in [0.25, 0.3) is 0 Å². The van der Waals surface area contributed by atoms with Gasteiger partial charge in [-0.25, -0.2) is 0 Å². The van der Waals surface area contributed by atoms with Gasteiger partial charge in [-0.3, -0.25) is 9.59 Å². The van der Waals surface area contributed by atoms with E-state index in [0.29, 0.717) is 31.7 Å². The number of likely N-dealkylation sites (tertiary alicyclic amines) is 1. The second-order valence-corrected chi connectivity index (χ2v) is 5.12. The van der Waals surface area contributed by atoms with Crippen molar-refractivity contribution in [1.82, 2.24) is 4.90 Å². The summed E-state index contributed by atoms with van der Waals surface area (Å²) in [5.74, 6) is -0.337. The smallest absolute Gasteiger partial charge is 0.310 e. The molecule has 0 spiro atoms. The Balaban J connectivity index is 1.86. The fraction of sp³-hybridized carbons (Fsp3) is 0.500. The van der Waals surface area contributed by atoms with Crippen molar-refractivity contribution < 1.29 is 14.3 Å². The van der Waals surface area contributed by atoms with Crippen LogP contribution in [0.4, 0.5) is 0 Å². The van der Waals surface area contributed by atoms with Crippen LogP contribution >= 0.6 is 0 Å². The molecule has 1 saturated heterocycles. The first-order valence-corrected chi connectivity index (χ1v) is 7.23. The van der Waals surface area contributed by atoms with Gasteiger partial charge in [-0.2, -0.15) is 0 Å². The summed E-state index contributed by atoms with van der Waals surface area (Å²) in [4.78, 5) is 25.9. The molecule has 2 rings (SSSR count). The van der Waals surface area contributed by atoms with Crippen LogP contribution in [0, 0.1) is 5.92 Å². The highest BCUT2D eigenvalue weighted by Crippen LogP contribution is 2.20. The van der Waals surface area contributed by atoms with E-state index in [1.54, 1.807) is 17.0 Å². The molecule has 20 heavy (non-hydrogen) atoms. The van der Waals surface area contributed by atoms with Crippen molar-refractivity contribution in [3.63, 3.8) is 0 Å². The Hall–Kier alpha value is -1.84. The summed E-state index contributed by atoms with van der Waals surface area (Å²) in [6, 6.07) is 9.18. The fourth-order valence-corrected chi connectivity index (χ4v) is 2.34. The molecular weight excluding hydrogens is 254 g/mol. The number of benzene rings is 1. The number of carbonyl (C=O) groups is 2. The number of amides is 1. The Morgan fingerprint density at radius 3 is 2.75 bits per heavy atom. The first-order valence-electron chi connectivity index (χ1n) is 7.23. The summed E-state index contributed by atoms with van der Waals surface area (Å²) < 4.78 is 5.22. The molecule has 1 aromatic carbocycles. The van der Waals surface area contributed by atoms with Crippen LogP contribution in [0.15, 0.2) is 30.3 Å². The summed E-state index contributed by atoms with van der Waals surface area (Å²) in [6.07, 6.45) is 2.60. The number of hydrogen-bond acceptors (Lipinski definition) is 3. The number of hydrogen-bond donors (Lipinski definition) is 0. The molecular formula is C16H21NO3. The SMILES string of the molecule is CCCCOC(=O)C1CCN(C(=O)c2ccccc2)C1. The first kappa shape index (κ1) is 14.6. The molecule has 4 heteroatoms. The minimum Gasteiger partial charge on any atom is -0.465 e. The van der Waals surface area contributed by atoms with E-state index < -0.39 is 0 Å². The van der Waals surface area contributed by atoms with Gasteiger partial charge in [0.15, 0.2) is 0 Å². The van der Waals surface area contributed by atoms with E-state index >= 15 is 0 Å². The predicted molar refractivity (Wildman–Crippen MR) is 76.3 cm³/mol. The minimum absolute atomic E-state index is 0.00513. The maximum atomic E-state index is 12.2. The summed E-state index contributed by atoms with van der Waals surface area (Å²) in [5, 5.41) is 0. The summed E-state index contributed by atoms with van der Waals surface area (Å²) >= 11 is 0. The van der Waals surface area contributed by atoms with Crippen molar-refractivity contribution in [3.8, 4) is 0 Å². The average Bonchev–Trinajstić information content (AvgIpc) is 2.97. The molecule has 1 unspecified atom stereocenters. The maximum Gasteiger partial charge on any atom is 0.310 e. The van der Waals surface area contributed by atoms with Crippen LogP contribution in [0.1, 0.15) is 36.5 Å². The summed E-state index contributed by atoms with van der Waals surface area (Å²) in [7, 11) is 0. The van der Waals surface area contributed by atoms with Crippen LogP contribution in [-0.4, -0.2) is 36.5 Å². The van der Waals surface area contributed by atoms with Crippen molar-refractivity contribution in [2.45, 2.75) is 26.2 Å². The van der Waals surface area contributed by atoms with Crippen molar-refractivity contribution in [2.24, 2.45) is 5.92 Å². The van der Waals surface area contributed by atoms with E-state index in [-0.39, 0.29) is 17.8 Å². The second-order valence-electron chi connectivity index (χ2n) is 5.12. The summed E-state index contributed by atoms with van der Waals surface area (Å²) in [5.41, 5.74) is 0.674. The van der Waals surface area contributed by atoms with Gasteiger partial charge in [-0.05, 0) is 25.0 Å². The van der Waals surface area contributed by atoms with Gasteiger partial charge in [-0.1, -0.05) is 31.5 Å². The van der Waals surface area contributed by atoms with Gasteiger partial charge in [0.05, 0.1) is 12.5 Å². The van der Waals surface area contributed by atoms with Crippen molar-refractivity contribution in [1.29, 1.82) is 0 Å². The standard InChI is InChI=1S/C16H21NO3/c1-2-3-11-20-16(19)14-9-10-17(12-14)15(18)13-7-5-4-6-8-13/h4-8,14H,2-3,9-12H2,1H3. The summed E-state index contributed by atoms with van der Waals surface area (Å²) in [6.45, 7) is 3.64. The quantitative estimate of drug-likeness (QED) is 0.612. The average molecular weight is 275 g/mol. The number of unbranched alkanes of at least 4 members (excludes halogenated alkanes) is 1. The number of esters is 1. The Kier molecular flexibility index (Phi) is 5.16. The van der Waals surface area contributed by atoms with Crippen LogP contribution in [-0.2, 0) is 9.53 Å². The van der Waals surface area contributed by atoms with Gasteiger partial charge in [0.1, 0.15) is 0 Å². The van der Waals surface area contributed by atoms with Gasteiger partial charge < -0.3 is 9.64 Å². The molecule has 1 fully saturated rings. The van der Waals surface area contributed by atoms with Crippen molar-refractivity contribution in [3.05, 3.63) is 35.9 Å². The third kappa shape index (κ3) is 3.59. The number of nitrogens with zero attached hydrogens (tertiary/aromatic N) is 1. The van der Waals surface area contributed by atoms with Crippen molar-refractivity contribution >= 4 is 11.9 Å². The number of ether oxygens (including phenoxy) is 1. The molecule has 0 aliphatic carbocycles. The molecule has 0 bridgehead atoms. The Bertz CT molecular complexity index is 458.